The minimum absolute atomic E-state index is 0.0477. The Morgan fingerprint density at radius 1 is 0.971 bits per heavy atom. The molecule has 2 aromatic rings. The summed E-state index contributed by atoms with van der Waals surface area (Å²) >= 11 is 0. The molecule has 2 saturated carbocycles. The first-order valence-electron chi connectivity index (χ1n) is 12.7. The number of rotatable bonds is 7. The Morgan fingerprint density at radius 2 is 1.62 bits per heavy atom. The summed E-state index contributed by atoms with van der Waals surface area (Å²) in [7, 11) is 0. The fraction of sp³-hybridized carbons (Fsp3) is 0.607. The van der Waals surface area contributed by atoms with Crippen molar-refractivity contribution in [2.24, 2.45) is 17.8 Å². The average molecular weight is 477 g/mol. The Bertz CT molecular complexity index is 984. The summed E-state index contributed by atoms with van der Waals surface area (Å²) in [6.45, 7) is 2.18. The molecule has 3 nitrogen and oxygen atoms in total. The van der Waals surface area contributed by atoms with E-state index in [2.05, 4.69) is 6.92 Å². The molecule has 2 aliphatic carbocycles. The molecule has 1 N–H and O–H groups in total. The molecule has 4 rings (SSSR count). The Balaban J connectivity index is 1.48. The Hall–Kier alpha value is -2.24. The molecule has 0 atom stereocenters. The minimum Gasteiger partial charge on any atom is -0.490 e. The number of alkyl halides is 3. The van der Waals surface area contributed by atoms with Crippen molar-refractivity contribution in [2.75, 3.05) is 0 Å². The van der Waals surface area contributed by atoms with Crippen LogP contribution in [-0.2, 0) is 17.4 Å². The lowest BCUT2D eigenvalue weighted by Gasteiger charge is -2.28. The topological polar surface area (TPSA) is 46.5 Å². The van der Waals surface area contributed by atoms with Crippen molar-refractivity contribution in [3.05, 3.63) is 41.5 Å². The number of halogens is 3. The van der Waals surface area contributed by atoms with Gasteiger partial charge in [0.2, 0.25) is 0 Å². The first-order chi connectivity index (χ1) is 16.2. The summed E-state index contributed by atoms with van der Waals surface area (Å²) in [5.74, 6) is 0.587. The van der Waals surface area contributed by atoms with Crippen molar-refractivity contribution in [3.8, 4) is 5.75 Å². The molecule has 0 aliphatic heterocycles. The number of carboxylic acids is 1. The standard InChI is InChI=1S/C28H35F3O3/c1-18-2-13-23(14-3-18)34-25-15-12-22-11-10-20(16-24(22)27(25)28(29,30)31)7-4-19-5-8-21(9-6-19)17-26(32)33/h10-12,15-16,18-19,21,23H,2-9,13-14,17H2,1H3,(H,32,33). The molecule has 0 aromatic heterocycles. The first kappa shape index (κ1) is 24.9. The molecule has 186 valence electrons. The van der Waals surface area contributed by atoms with Crippen LogP contribution in [0, 0.1) is 17.8 Å². The van der Waals surface area contributed by atoms with Gasteiger partial charge in [0.15, 0.2) is 0 Å². The predicted octanol–water partition coefficient (Wildman–Crippen LogP) is 8.03. The Morgan fingerprint density at radius 3 is 2.26 bits per heavy atom. The maximum atomic E-state index is 14.2. The molecular formula is C28H35F3O3. The van der Waals surface area contributed by atoms with E-state index in [0.29, 0.717) is 17.2 Å². The van der Waals surface area contributed by atoms with E-state index in [-0.39, 0.29) is 29.6 Å². The molecule has 0 saturated heterocycles. The lowest BCUT2D eigenvalue weighted by atomic mass is 9.78. The Labute approximate surface area is 199 Å². The summed E-state index contributed by atoms with van der Waals surface area (Å²) in [5.41, 5.74) is 0.258. The number of benzene rings is 2. The third-order valence-corrected chi connectivity index (χ3v) is 7.86. The van der Waals surface area contributed by atoms with Crippen LogP contribution in [0.4, 0.5) is 13.2 Å². The van der Waals surface area contributed by atoms with Gasteiger partial charge in [-0.25, -0.2) is 0 Å². The van der Waals surface area contributed by atoms with Gasteiger partial charge in [-0.15, -0.1) is 0 Å². The molecule has 2 fully saturated rings. The zero-order chi connectivity index (χ0) is 24.3. The molecule has 0 unspecified atom stereocenters. The van der Waals surface area contributed by atoms with Gasteiger partial charge in [-0.05, 0) is 91.5 Å². The summed E-state index contributed by atoms with van der Waals surface area (Å²) < 4.78 is 48.6. The van der Waals surface area contributed by atoms with Gasteiger partial charge >= 0.3 is 12.1 Å². The molecule has 0 spiro atoms. The smallest absolute Gasteiger partial charge is 0.420 e. The lowest BCUT2D eigenvalue weighted by molar-refractivity contribution is -0.139. The number of aryl methyl sites for hydroxylation is 1. The molecule has 0 heterocycles. The number of hydrogen-bond acceptors (Lipinski definition) is 2. The fourth-order valence-electron chi connectivity index (χ4n) is 5.76. The van der Waals surface area contributed by atoms with Gasteiger partial charge in [0.05, 0.1) is 6.10 Å². The number of ether oxygens (including phenoxy) is 1. The van der Waals surface area contributed by atoms with Crippen LogP contribution in [0.3, 0.4) is 0 Å². The van der Waals surface area contributed by atoms with E-state index in [9.17, 15) is 18.0 Å². The van der Waals surface area contributed by atoms with E-state index in [0.717, 1.165) is 69.8 Å². The van der Waals surface area contributed by atoms with E-state index in [4.69, 9.17) is 9.84 Å². The first-order valence-corrected chi connectivity index (χ1v) is 12.7. The third-order valence-electron chi connectivity index (χ3n) is 7.86. The van der Waals surface area contributed by atoms with Crippen LogP contribution in [-0.4, -0.2) is 17.2 Å². The highest BCUT2D eigenvalue weighted by molar-refractivity contribution is 5.89. The van der Waals surface area contributed by atoms with Crippen molar-refractivity contribution in [3.63, 3.8) is 0 Å². The van der Waals surface area contributed by atoms with Crippen molar-refractivity contribution in [1.29, 1.82) is 0 Å². The fourth-order valence-corrected chi connectivity index (χ4v) is 5.76. The number of carbonyl (C=O) groups is 1. The van der Waals surface area contributed by atoms with Crippen LogP contribution in [0.2, 0.25) is 0 Å². The highest BCUT2D eigenvalue weighted by atomic mass is 19.4. The number of fused-ring (bicyclic) bond motifs is 1. The summed E-state index contributed by atoms with van der Waals surface area (Å²) in [6.07, 6.45) is 4.65. The van der Waals surface area contributed by atoms with Gasteiger partial charge in [0.1, 0.15) is 11.3 Å². The second-order valence-electron chi connectivity index (χ2n) is 10.5. The largest absolute Gasteiger partial charge is 0.490 e. The highest BCUT2D eigenvalue weighted by Gasteiger charge is 2.37. The molecule has 2 aromatic carbocycles. The number of hydrogen-bond donors (Lipinski definition) is 1. The maximum absolute atomic E-state index is 14.2. The van der Waals surface area contributed by atoms with Crippen molar-refractivity contribution in [1.82, 2.24) is 0 Å². The van der Waals surface area contributed by atoms with E-state index in [1.165, 1.54) is 6.07 Å². The van der Waals surface area contributed by atoms with Crippen LogP contribution >= 0.6 is 0 Å². The van der Waals surface area contributed by atoms with Crippen molar-refractivity contribution >= 4 is 16.7 Å². The minimum atomic E-state index is -4.49. The van der Waals surface area contributed by atoms with Crippen LogP contribution in [0.25, 0.3) is 10.8 Å². The Kier molecular flexibility index (Phi) is 7.73. The SMILES string of the molecule is CC1CCC(Oc2ccc3ccc(CCC4CCC(CC(=O)O)CC4)cc3c2C(F)(F)F)CC1. The van der Waals surface area contributed by atoms with Gasteiger partial charge in [0.25, 0.3) is 0 Å². The monoisotopic (exact) mass is 476 g/mol. The molecule has 0 radical (unpaired) electrons. The van der Waals surface area contributed by atoms with Gasteiger partial charge in [-0.3, -0.25) is 4.79 Å². The zero-order valence-electron chi connectivity index (χ0n) is 19.9. The van der Waals surface area contributed by atoms with Crippen LogP contribution in [0.1, 0.15) is 82.3 Å². The molecule has 6 heteroatoms. The predicted molar refractivity (Wildman–Crippen MR) is 127 cm³/mol. The molecule has 0 bridgehead atoms. The average Bonchev–Trinajstić information content (AvgIpc) is 2.78. The van der Waals surface area contributed by atoms with E-state index in [1.807, 2.05) is 6.07 Å². The normalized spacial score (nSPS) is 25.9. The van der Waals surface area contributed by atoms with E-state index in [1.54, 1.807) is 18.2 Å². The number of aliphatic carboxylic acids is 1. The van der Waals surface area contributed by atoms with E-state index >= 15 is 0 Å². The third kappa shape index (κ3) is 6.25. The van der Waals surface area contributed by atoms with Gasteiger partial charge in [-0.1, -0.05) is 44.0 Å². The quantitative estimate of drug-likeness (QED) is 0.440. The second kappa shape index (κ2) is 10.6. The number of carboxylic acid groups (broad SMARTS) is 1. The lowest BCUT2D eigenvalue weighted by Crippen LogP contribution is -2.24. The summed E-state index contributed by atoms with van der Waals surface area (Å²) in [5, 5.41) is 9.78. The zero-order valence-corrected chi connectivity index (χ0v) is 19.9. The summed E-state index contributed by atoms with van der Waals surface area (Å²) in [4.78, 5) is 10.9. The van der Waals surface area contributed by atoms with E-state index < -0.39 is 17.7 Å². The second-order valence-corrected chi connectivity index (χ2v) is 10.5. The van der Waals surface area contributed by atoms with Crippen molar-refractivity contribution < 1.29 is 27.8 Å². The molecule has 0 amide bonds. The van der Waals surface area contributed by atoms with Crippen molar-refractivity contribution in [2.45, 2.75) is 89.8 Å². The van der Waals surface area contributed by atoms with Gasteiger partial charge in [0, 0.05) is 6.42 Å². The van der Waals surface area contributed by atoms with Crippen LogP contribution in [0.5, 0.6) is 5.75 Å². The van der Waals surface area contributed by atoms with Gasteiger partial charge < -0.3 is 9.84 Å². The van der Waals surface area contributed by atoms with Crippen LogP contribution < -0.4 is 4.74 Å². The molecule has 2 aliphatic rings. The van der Waals surface area contributed by atoms with Crippen LogP contribution in [0.15, 0.2) is 30.3 Å². The molecule has 34 heavy (non-hydrogen) atoms. The summed E-state index contributed by atoms with van der Waals surface area (Å²) in [6, 6.07) is 8.64. The van der Waals surface area contributed by atoms with Gasteiger partial charge in [-0.2, -0.15) is 13.2 Å². The highest BCUT2D eigenvalue weighted by Crippen LogP contribution is 2.43. The maximum Gasteiger partial charge on any atom is 0.420 e. The molecular weight excluding hydrogens is 441 g/mol.